The van der Waals surface area contributed by atoms with Crippen molar-refractivity contribution >= 4 is 30.5 Å². The molecule has 0 radical (unpaired) electrons. The number of imidazole rings is 1. The lowest BCUT2D eigenvalue weighted by Crippen LogP contribution is -2.43. The highest BCUT2D eigenvalue weighted by atomic mass is 31.2. The van der Waals surface area contributed by atoms with Gasteiger partial charge in [0.15, 0.2) is 17.7 Å². The number of rotatable bonds is 9. The standard InChI is InChI=1S/C20H33N6O7P/c1-10(2)32-19(29)11(3)25-34(6,30)31-7-13-20(5,8-27)15(28)18(33-13)26-9-22-14-16(21)23-12(4)24-17(14)26/h9-11,13,15,18,27-28H,7-8H2,1-6H3,(H,25,30)(H2,21,23,24)/t11-,13+,15-,18+,20?,34?/m0/s1. The van der Waals surface area contributed by atoms with Crippen molar-refractivity contribution in [3.05, 3.63) is 12.2 Å². The van der Waals surface area contributed by atoms with E-state index in [1.54, 1.807) is 27.7 Å². The quantitative estimate of drug-likeness (QED) is 0.280. The van der Waals surface area contributed by atoms with Crippen molar-refractivity contribution in [1.29, 1.82) is 0 Å². The van der Waals surface area contributed by atoms with Crippen LogP contribution in [0.2, 0.25) is 0 Å². The van der Waals surface area contributed by atoms with E-state index in [0.29, 0.717) is 17.0 Å². The maximum Gasteiger partial charge on any atom is 0.323 e. The Morgan fingerprint density at radius 2 is 2.09 bits per heavy atom. The lowest BCUT2D eigenvalue weighted by molar-refractivity contribution is -0.149. The summed E-state index contributed by atoms with van der Waals surface area (Å²) in [5.41, 5.74) is 5.51. The number of carbonyl (C=O) groups excluding carboxylic acids is 1. The second-order valence-electron chi connectivity index (χ2n) is 9.08. The van der Waals surface area contributed by atoms with Crippen LogP contribution in [0.4, 0.5) is 5.82 Å². The van der Waals surface area contributed by atoms with Crippen molar-refractivity contribution in [2.24, 2.45) is 5.41 Å². The first-order chi connectivity index (χ1) is 15.8. The van der Waals surface area contributed by atoms with E-state index in [4.69, 9.17) is 19.7 Å². The SMILES string of the molecule is Cc1nc(N)c2ncn([C@@H]3O[C@H](COP(C)(=O)N[C@@H](C)C(=O)OC(C)C)C(C)(CO)[C@H]3O)c2n1. The van der Waals surface area contributed by atoms with Crippen LogP contribution >= 0.6 is 7.52 Å². The van der Waals surface area contributed by atoms with E-state index in [9.17, 15) is 19.6 Å². The van der Waals surface area contributed by atoms with Gasteiger partial charge in [-0.3, -0.25) is 13.9 Å². The minimum Gasteiger partial charge on any atom is -0.462 e. The Hall–Kier alpha value is -2.15. The fourth-order valence-electron chi connectivity index (χ4n) is 3.78. The van der Waals surface area contributed by atoms with Crippen molar-refractivity contribution in [2.75, 3.05) is 25.6 Å². The van der Waals surface area contributed by atoms with Crippen LogP contribution in [0.25, 0.3) is 11.2 Å². The summed E-state index contributed by atoms with van der Waals surface area (Å²) >= 11 is 0. The molecule has 2 aromatic heterocycles. The van der Waals surface area contributed by atoms with Crippen LogP contribution in [0.5, 0.6) is 0 Å². The second kappa shape index (κ2) is 9.84. The van der Waals surface area contributed by atoms with Crippen LogP contribution in [-0.4, -0.2) is 79.9 Å². The molecule has 1 aliphatic rings. The van der Waals surface area contributed by atoms with Gasteiger partial charge < -0.3 is 29.9 Å². The molecule has 2 aromatic rings. The van der Waals surface area contributed by atoms with Gasteiger partial charge >= 0.3 is 5.97 Å². The van der Waals surface area contributed by atoms with Crippen LogP contribution in [0.15, 0.2) is 6.33 Å². The van der Waals surface area contributed by atoms with Gasteiger partial charge in [0.05, 0.1) is 31.7 Å². The first-order valence-electron chi connectivity index (χ1n) is 10.9. The number of esters is 1. The zero-order valence-corrected chi connectivity index (χ0v) is 21.0. The second-order valence-corrected chi connectivity index (χ2v) is 11.3. The van der Waals surface area contributed by atoms with E-state index < -0.39 is 50.0 Å². The van der Waals surface area contributed by atoms with Gasteiger partial charge in [0.25, 0.3) is 7.52 Å². The fraction of sp³-hybridized carbons (Fsp3) is 0.700. The predicted octanol–water partition coefficient (Wildman–Crippen LogP) is 0.743. The number of hydrogen-bond donors (Lipinski definition) is 4. The summed E-state index contributed by atoms with van der Waals surface area (Å²) in [7, 11) is -3.47. The molecule has 0 saturated carbocycles. The third-order valence-electron chi connectivity index (χ3n) is 5.77. The minimum absolute atomic E-state index is 0.196. The summed E-state index contributed by atoms with van der Waals surface area (Å²) in [6.45, 7) is 8.94. The number of aliphatic hydroxyl groups excluding tert-OH is 2. The van der Waals surface area contributed by atoms with Gasteiger partial charge in [-0.25, -0.2) is 20.0 Å². The Kier molecular flexibility index (Phi) is 7.66. The van der Waals surface area contributed by atoms with Crippen LogP contribution in [-0.2, 0) is 23.4 Å². The molecule has 190 valence electrons. The van der Waals surface area contributed by atoms with Crippen molar-refractivity contribution in [1.82, 2.24) is 24.6 Å². The average molecular weight is 500 g/mol. The van der Waals surface area contributed by atoms with E-state index in [-0.39, 0.29) is 18.5 Å². The molecule has 34 heavy (non-hydrogen) atoms. The Morgan fingerprint density at radius 3 is 2.71 bits per heavy atom. The number of hydrogen-bond acceptors (Lipinski definition) is 11. The minimum atomic E-state index is -3.47. The third kappa shape index (κ3) is 5.24. The molecule has 3 rings (SSSR count). The number of carbonyl (C=O) groups is 1. The smallest absolute Gasteiger partial charge is 0.323 e. The summed E-state index contributed by atoms with van der Waals surface area (Å²) in [6, 6.07) is -0.865. The zero-order valence-electron chi connectivity index (χ0n) is 20.1. The number of anilines is 1. The Balaban J connectivity index is 1.77. The number of nitrogens with one attached hydrogen (secondary N) is 1. The summed E-state index contributed by atoms with van der Waals surface area (Å²) in [5.74, 6) is 0.0609. The predicted molar refractivity (Wildman–Crippen MR) is 123 cm³/mol. The van der Waals surface area contributed by atoms with Crippen LogP contribution in [0.1, 0.15) is 39.7 Å². The molecular formula is C20H33N6O7P. The molecule has 3 heterocycles. The van der Waals surface area contributed by atoms with Gasteiger partial charge in [0.2, 0.25) is 0 Å². The number of ether oxygens (including phenoxy) is 2. The maximum atomic E-state index is 12.9. The van der Waals surface area contributed by atoms with Crippen LogP contribution < -0.4 is 10.8 Å². The molecular weight excluding hydrogens is 467 g/mol. The Labute approximate surface area is 197 Å². The molecule has 0 spiro atoms. The molecule has 5 N–H and O–H groups in total. The normalized spacial score (nSPS) is 27.7. The first-order valence-corrected chi connectivity index (χ1v) is 13.0. The van der Waals surface area contributed by atoms with E-state index in [2.05, 4.69) is 20.0 Å². The van der Waals surface area contributed by atoms with E-state index in [0.717, 1.165) is 0 Å². The molecule has 1 saturated heterocycles. The highest BCUT2D eigenvalue weighted by molar-refractivity contribution is 7.56. The number of nitrogens with zero attached hydrogens (tertiary/aromatic N) is 4. The van der Waals surface area contributed by atoms with Crippen LogP contribution in [0.3, 0.4) is 0 Å². The summed E-state index contributed by atoms with van der Waals surface area (Å²) in [4.78, 5) is 24.7. The molecule has 13 nitrogen and oxygen atoms in total. The molecule has 0 aromatic carbocycles. The zero-order chi connectivity index (χ0) is 25.4. The van der Waals surface area contributed by atoms with Gasteiger partial charge in [-0.15, -0.1) is 0 Å². The van der Waals surface area contributed by atoms with Crippen molar-refractivity contribution < 1.29 is 33.6 Å². The van der Waals surface area contributed by atoms with Gasteiger partial charge in [-0.05, 0) is 27.7 Å². The fourth-order valence-corrected chi connectivity index (χ4v) is 5.08. The lowest BCUT2D eigenvalue weighted by atomic mass is 9.81. The topological polar surface area (TPSA) is 184 Å². The molecule has 14 heteroatoms. The molecule has 6 atom stereocenters. The van der Waals surface area contributed by atoms with Crippen molar-refractivity contribution in [2.45, 2.75) is 65.2 Å². The number of aromatic nitrogens is 4. The number of nitrogens with two attached hydrogens (primary N) is 1. The molecule has 2 unspecified atom stereocenters. The van der Waals surface area contributed by atoms with Crippen LogP contribution in [0, 0.1) is 12.3 Å². The number of aryl methyl sites for hydroxylation is 1. The van der Waals surface area contributed by atoms with Crippen molar-refractivity contribution in [3.8, 4) is 0 Å². The number of aliphatic hydroxyl groups is 2. The monoisotopic (exact) mass is 500 g/mol. The highest BCUT2D eigenvalue weighted by Crippen LogP contribution is 2.47. The Morgan fingerprint density at radius 1 is 1.41 bits per heavy atom. The Bertz CT molecular complexity index is 1090. The largest absolute Gasteiger partial charge is 0.462 e. The number of nitrogen functional groups attached to an aromatic ring is 1. The third-order valence-corrected chi connectivity index (χ3v) is 7.26. The maximum absolute atomic E-state index is 12.9. The van der Waals surface area contributed by atoms with Gasteiger partial charge in [0, 0.05) is 12.1 Å². The molecule has 0 bridgehead atoms. The molecule has 0 amide bonds. The molecule has 1 fully saturated rings. The summed E-state index contributed by atoms with van der Waals surface area (Å²) in [5, 5.41) is 23.8. The average Bonchev–Trinajstić information content (AvgIpc) is 3.25. The lowest BCUT2D eigenvalue weighted by Gasteiger charge is -2.31. The first kappa shape index (κ1) is 26.5. The van der Waals surface area contributed by atoms with E-state index in [1.165, 1.54) is 24.5 Å². The van der Waals surface area contributed by atoms with E-state index >= 15 is 0 Å². The van der Waals surface area contributed by atoms with Gasteiger partial charge in [-0.2, -0.15) is 0 Å². The summed E-state index contributed by atoms with van der Waals surface area (Å²) < 4.78 is 31.2. The molecule has 0 aliphatic carbocycles. The number of fused-ring (bicyclic) bond motifs is 1. The molecule has 1 aliphatic heterocycles. The van der Waals surface area contributed by atoms with Gasteiger partial charge in [0.1, 0.15) is 23.5 Å². The highest BCUT2D eigenvalue weighted by Gasteiger charge is 2.54. The van der Waals surface area contributed by atoms with Crippen molar-refractivity contribution in [3.63, 3.8) is 0 Å². The summed E-state index contributed by atoms with van der Waals surface area (Å²) in [6.07, 6.45) is -1.87. The van der Waals surface area contributed by atoms with Gasteiger partial charge in [-0.1, -0.05) is 6.92 Å². The van der Waals surface area contributed by atoms with E-state index in [1.807, 2.05) is 0 Å².